The molecule has 8 nitrogen and oxygen atoms in total. The van der Waals surface area contributed by atoms with Gasteiger partial charge in [0.2, 0.25) is 5.88 Å². The number of H-pyrrole nitrogens is 1. The first kappa shape index (κ1) is 20.0. The molecule has 0 spiro atoms. The Kier molecular flexibility index (Phi) is 4.57. The van der Waals surface area contributed by atoms with Crippen molar-refractivity contribution in [2.24, 2.45) is 0 Å². The number of nitrogens with one attached hydrogen (secondary N) is 1. The summed E-state index contributed by atoms with van der Waals surface area (Å²) in [6.45, 7) is 2.60. The van der Waals surface area contributed by atoms with Gasteiger partial charge in [0.25, 0.3) is 0 Å². The van der Waals surface area contributed by atoms with Gasteiger partial charge >= 0.3 is 17.9 Å². The number of halogens is 3. The maximum atomic E-state index is 13.4. The Morgan fingerprint density at radius 2 is 2.03 bits per heavy atom. The molecule has 1 aromatic carbocycles. The van der Waals surface area contributed by atoms with Crippen LogP contribution in [0.4, 0.5) is 13.2 Å². The fourth-order valence-electron chi connectivity index (χ4n) is 3.26. The minimum Gasteiger partial charge on any atom is -0.493 e. The number of fused-ring (bicyclic) bond motifs is 1. The summed E-state index contributed by atoms with van der Waals surface area (Å²) in [6, 6.07) is 4.12. The number of hydrogen-bond donors (Lipinski definition) is 2. The molecule has 2 N–H and O–H groups in total. The van der Waals surface area contributed by atoms with Crippen molar-refractivity contribution in [3.05, 3.63) is 57.9 Å². The molecular formula is C19H17F3N4O4. The number of ether oxygens (including phenoxy) is 2. The Labute approximate surface area is 167 Å². The first-order valence-corrected chi connectivity index (χ1v) is 9.01. The second-order valence-electron chi connectivity index (χ2n) is 6.89. The molecule has 30 heavy (non-hydrogen) atoms. The summed E-state index contributed by atoms with van der Waals surface area (Å²) in [5.41, 5.74) is -2.00. The zero-order valence-electron chi connectivity index (χ0n) is 15.9. The third-order valence-electron chi connectivity index (χ3n) is 5.03. The summed E-state index contributed by atoms with van der Waals surface area (Å²) < 4.78 is 51.8. The average molecular weight is 422 g/mol. The van der Waals surface area contributed by atoms with E-state index in [1.807, 2.05) is 0 Å². The minimum atomic E-state index is -4.59. The molecule has 4 rings (SSSR count). The number of aromatic nitrogens is 4. The molecule has 0 amide bonds. The summed E-state index contributed by atoms with van der Waals surface area (Å²) >= 11 is 0. The number of benzene rings is 1. The van der Waals surface area contributed by atoms with E-state index in [1.54, 1.807) is 6.92 Å². The van der Waals surface area contributed by atoms with Gasteiger partial charge in [-0.3, -0.25) is 0 Å². The van der Waals surface area contributed by atoms with Crippen LogP contribution in [0.15, 0.2) is 35.4 Å². The third kappa shape index (κ3) is 3.11. The lowest BCUT2D eigenvalue weighted by Gasteiger charge is -2.27. The van der Waals surface area contributed by atoms with Crippen LogP contribution in [0.5, 0.6) is 17.6 Å². The standard InChI is InChI=1S/C19H17F3N4O4/c1-3-14-15(27)26(17(28)25-14)11-7-23-16(24-8-11)30-12-5-4-10-9-29-18(2,13(10)6-12)19(20,21)22/h4-8,27H,3,9H2,1-2H3,(H,25,28). The normalized spacial score (nSPS) is 18.4. The molecule has 1 aliphatic heterocycles. The number of aromatic hydroxyl groups is 1. The summed E-state index contributed by atoms with van der Waals surface area (Å²) in [6.07, 6.45) is -1.65. The average Bonchev–Trinajstić information content (AvgIpc) is 3.19. The highest BCUT2D eigenvalue weighted by atomic mass is 19.4. The predicted molar refractivity (Wildman–Crippen MR) is 97.7 cm³/mol. The lowest BCUT2D eigenvalue weighted by atomic mass is 9.93. The first-order chi connectivity index (χ1) is 14.1. The number of rotatable bonds is 4. The molecule has 0 aliphatic carbocycles. The molecule has 0 bridgehead atoms. The summed E-state index contributed by atoms with van der Waals surface area (Å²) in [7, 11) is 0. The molecule has 158 valence electrons. The molecule has 1 unspecified atom stereocenters. The van der Waals surface area contributed by atoms with Crippen molar-refractivity contribution in [2.75, 3.05) is 0 Å². The molecule has 0 saturated carbocycles. The summed E-state index contributed by atoms with van der Waals surface area (Å²) in [4.78, 5) is 22.5. The number of hydrogen-bond acceptors (Lipinski definition) is 6. The predicted octanol–water partition coefficient (Wildman–Crippen LogP) is 3.32. The van der Waals surface area contributed by atoms with Crippen LogP contribution in [-0.2, 0) is 23.4 Å². The van der Waals surface area contributed by atoms with Gasteiger partial charge in [0.05, 0.1) is 30.4 Å². The molecule has 0 fully saturated rings. The van der Waals surface area contributed by atoms with Crippen molar-refractivity contribution in [3.8, 4) is 23.3 Å². The van der Waals surface area contributed by atoms with E-state index in [1.165, 1.54) is 30.6 Å². The van der Waals surface area contributed by atoms with E-state index < -0.39 is 17.5 Å². The Morgan fingerprint density at radius 1 is 1.33 bits per heavy atom. The van der Waals surface area contributed by atoms with Crippen molar-refractivity contribution < 1.29 is 27.8 Å². The van der Waals surface area contributed by atoms with Gasteiger partial charge in [0.15, 0.2) is 5.60 Å². The van der Waals surface area contributed by atoms with Crippen molar-refractivity contribution in [3.63, 3.8) is 0 Å². The van der Waals surface area contributed by atoms with Crippen LogP contribution in [0.1, 0.15) is 30.7 Å². The fourth-order valence-corrected chi connectivity index (χ4v) is 3.26. The van der Waals surface area contributed by atoms with Crippen LogP contribution in [0.25, 0.3) is 5.69 Å². The first-order valence-electron chi connectivity index (χ1n) is 9.01. The van der Waals surface area contributed by atoms with Gasteiger partial charge < -0.3 is 19.6 Å². The molecule has 11 heteroatoms. The molecule has 1 aliphatic rings. The molecule has 3 heterocycles. The van der Waals surface area contributed by atoms with Gasteiger partial charge in [0, 0.05) is 5.56 Å². The van der Waals surface area contributed by atoms with E-state index in [2.05, 4.69) is 15.0 Å². The van der Waals surface area contributed by atoms with Crippen molar-refractivity contribution in [1.29, 1.82) is 0 Å². The zero-order valence-corrected chi connectivity index (χ0v) is 15.9. The van der Waals surface area contributed by atoms with Gasteiger partial charge in [0.1, 0.15) is 5.75 Å². The van der Waals surface area contributed by atoms with E-state index in [9.17, 15) is 23.1 Å². The number of nitrogens with zero attached hydrogens (tertiary/aromatic N) is 3. The number of aromatic amines is 1. The molecule has 0 saturated heterocycles. The maximum Gasteiger partial charge on any atom is 0.421 e. The molecule has 1 atom stereocenters. The molecular weight excluding hydrogens is 405 g/mol. The van der Waals surface area contributed by atoms with Crippen LogP contribution >= 0.6 is 0 Å². The highest BCUT2D eigenvalue weighted by Crippen LogP contribution is 2.48. The fraction of sp³-hybridized carbons (Fsp3) is 0.316. The van der Waals surface area contributed by atoms with Gasteiger partial charge in [-0.15, -0.1) is 0 Å². The van der Waals surface area contributed by atoms with Crippen LogP contribution in [0, 0.1) is 0 Å². The lowest BCUT2D eigenvalue weighted by Crippen LogP contribution is -2.38. The summed E-state index contributed by atoms with van der Waals surface area (Å²) in [5, 5.41) is 10.1. The number of alkyl halides is 3. The van der Waals surface area contributed by atoms with E-state index in [0.717, 1.165) is 11.5 Å². The second-order valence-corrected chi connectivity index (χ2v) is 6.89. The molecule has 0 radical (unpaired) electrons. The summed E-state index contributed by atoms with van der Waals surface area (Å²) in [5.74, 6) is -0.137. The van der Waals surface area contributed by atoms with Crippen LogP contribution in [-0.4, -0.2) is 30.8 Å². The van der Waals surface area contributed by atoms with E-state index >= 15 is 0 Å². The quantitative estimate of drug-likeness (QED) is 0.669. The smallest absolute Gasteiger partial charge is 0.421 e. The Balaban J connectivity index is 1.61. The van der Waals surface area contributed by atoms with E-state index in [4.69, 9.17) is 9.47 Å². The van der Waals surface area contributed by atoms with Gasteiger partial charge in [-0.2, -0.15) is 13.2 Å². The SMILES string of the molecule is CCc1[nH]c(=O)n(-c2cnc(Oc3ccc4c(c3)C(C)(C(F)(F)F)OC4)nc2)c1O. The van der Waals surface area contributed by atoms with Crippen LogP contribution in [0.2, 0.25) is 0 Å². The van der Waals surface area contributed by atoms with Crippen molar-refractivity contribution in [1.82, 2.24) is 19.5 Å². The topological polar surface area (TPSA) is 102 Å². The highest BCUT2D eigenvalue weighted by molar-refractivity contribution is 5.43. The number of aryl methyl sites for hydroxylation is 1. The van der Waals surface area contributed by atoms with Gasteiger partial charge in [-0.05, 0) is 31.0 Å². The minimum absolute atomic E-state index is 0.0278. The van der Waals surface area contributed by atoms with E-state index in [-0.39, 0.29) is 35.5 Å². The van der Waals surface area contributed by atoms with Crippen LogP contribution in [0.3, 0.4) is 0 Å². The molecule has 2 aromatic heterocycles. The van der Waals surface area contributed by atoms with Gasteiger partial charge in [-0.1, -0.05) is 13.0 Å². The highest BCUT2D eigenvalue weighted by Gasteiger charge is 2.57. The second kappa shape index (κ2) is 6.87. The Morgan fingerprint density at radius 3 is 2.63 bits per heavy atom. The number of imidazole rings is 1. The van der Waals surface area contributed by atoms with Crippen molar-refractivity contribution >= 4 is 0 Å². The van der Waals surface area contributed by atoms with Crippen LogP contribution < -0.4 is 10.4 Å². The van der Waals surface area contributed by atoms with Crippen molar-refractivity contribution in [2.45, 2.75) is 38.7 Å². The van der Waals surface area contributed by atoms with Gasteiger partial charge in [-0.25, -0.2) is 19.3 Å². The Bertz CT molecular complexity index is 1150. The lowest BCUT2D eigenvalue weighted by molar-refractivity contribution is -0.272. The monoisotopic (exact) mass is 422 g/mol. The Hall–Kier alpha value is -3.34. The third-order valence-corrected chi connectivity index (χ3v) is 5.03. The largest absolute Gasteiger partial charge is 0.493 e. The molecule has 3 aromatic rings. The van der Waals surface area contributed by atoms with E-state index in [0.29, 0.717) is 17.7 Å². The maximum absolute atomic E-state index is 13.4. The zero-order chi connectivity index (χ0) is 21.7.